The lowest BCUT2D eigenvalue weighted by molar-refractivity contribution is 0.0681. The van der Waals surface area contributed by atoms with E-state index in [-0.39, 0.29) is 24.0 Å². The summed E-state index contributed by atoms with van der Waals surface area (Å²) < 4.78 is 29.1. The summed E-state index contributed by atoms with van der Waals surface area (Å²) in [6.07, 6.45) is 0.378. The van der Waals surface area contributed by atoms with Crippen LogP contribution in [0.2, 0.25) is 15.1 Å². The molecule has 0 spiro atoms. The quantitative estimate of drug-likeness (QED) is 0.657. The minimum atomic E-state index is -3.18. The predicted molar refractivity (Wildman–Crippen MR) is 111 cm³/mol. The van der Waals surface area contributed by atoms with Gasteiger partial charge in [-0.1, -0.05) is 40.9 Å². The van der Waals surface area contributed by atoms with Gasteiger partial charge in [0.05, 0.1) is 23.6 Å². The molecule has 0 aliphatic carbocycles. The molecule has 1 saturated heterocycles. The fraction of sp³-hybridized carbons (Fsp3) is 0.316. The fourth-order valence-electron chi connectivity index (χ4n) is 3.19. The van der Waals surface area contributed by atoms with Crippen LogP contribution in [0.25, 0.3) is 0 Å². The third kappa shape index (κ3) is 4.74. The van der Waals surface area contributed by atoms with Gasteiger partial charge in [0.1, 0.15) is 5.75 Å². The summed E-state index contributed by atoms with van der Waals surface area (Å²) >= 11 is 18.4. The number of rotatable bonds is 5. The number of nitrogens with zero attached hydrogens (tertiary/aromatic N) is 1. The van der Waals surface area contributed by atoms with Crippen molar-refractivity contribution in [3.05, 3.63) is 62.6 Å². The maximum absolute atomic E-state index is 13.2. The molecule has 0 saturated carbocycles. The average molecular weight is 463 g/mol. The molecule has 0 radical (unpaired) electrons. The van der Waals surface area contributed by atoms with Crippen LogP contribution in [0, 0.1) is 0 Å². The molecule has 1 atom stereocenters. The summed E-state index contributed by atoms with van der Waals surface area (Å²) in [5, 5.41) is 1.20. The van der Waals surface area contributed by atoms with E-state index in [1.165, 1.54) is 18.1 Å². The highest BCUT2D eigenvalue weighted by atomic mass is 35.5. The van der Waals surface area contributed by atoms with Crippen LogP contribution in [-0.2, 0) is 16.4 Å². The molecule has 2 aromatic carbocycles. The predicted octanol–water partition coefficient (Wildman–Crippen LogP) is 4.48. The minimum absolute atomic E-state index is 0.0547. The Hall–Kier alpha value is -1.47. The van der Waals surface area contributed by atoms with E-state index in [0.29, 0.717) is 38.4 Å². The van der Waals surface area contributed by atoms with E-state index in [4.69, 9.17) is 39.5 Å². The SMILES string of the molecule is COc1ccc(C(=O)N(Cc2ccc(Cl)cc2Cl)[C@@H]2CCS(=O)(=O)C2)cc1Cl. The second kappa shape index (κ2) is 8.49. The topological polar surface area (TPSA) is 63.7 Å². The lowest BCUT2D eigenvalue weighted by Crippen LogP contribution is -2.40. The van der Waals surface area contributed by atoms with Crippen molar-refractivity contribution in [2.75, 3.05) is 18.6 Å². The smallest absolute Gasteiger partial charge is 0.254 e. The van der Waals surface area contributed by atoms with Crippen molar-refractivity contribution in [3.63, 3.8) is 0 Å². The molecule has 1 heterocycles. The molecule has 0 N–H and O–H groups in total. The Morgan fingerprint density at radius 2 is 1.89 bits per heavy atom. The molecule has 3 rings (SSSR count). The van der Waals surface area contributed by atoms with E-state index in [9.17, 15) is 13.2 Å². The Balaban J connectivity index is 1.95. The van der Waals surface area contributed by atoms with Crippen LogP contribution in [0.15, 0.2) is 36.4 Å². The second-order valence-corrected chi connectivity index (χ2v) is 10.1. The van der Waals surface area contributed by atoms with Gasteiger partial charge in [-0.05, 0) is 42.3 Å². The van der Waals surface area contributed by atoms with Gasteiger partial charge in [0, 0.05) is 28.2 Å². The zero-order chi connectivity index (χ0) is 20.5. The monoisotopic (exact) mass is 461 g/mol. The molecule has 0 aromatic heterocycles. The average Bonchev–Trinajstić information content (AvgIpc) is 3.00. The van der Waals surface area contributed by atoms with Crippen molar-refractivity contribution in [1.29, 1.82) is 0 Å². The molecule has 9 heteroatoms. The third-order valence-corrected chi connectivity index (χ3v) is 7.30. The van der Waals surface area contributed by atoms with Gasteiger partial charge >= 0.3 is 0 Å². The number of carbonyl (C=O) groups excluding carboxylic acids is 1. The van der Waals surface area contributed by atoms with Crippen molar-refractivity contribution in [3.8, 4) is 5.75 Å². The molecule has 0 bridgehead atoms. The van der Waals surface area contributed by atoms with Gasteiger partial charge in [0.2, 0.25) is 0 Å². The van der Waals surface area contributed by atoms with Gasteiger partial charge in [-0.25, -0.2) is 8.42 Å². The molecule has 1 aliphatic heterocycles. The molecule has 1 aliphatic rings. The molecule has 2 aromatic rings. The van der Waals surface area contributed by atoms with E-state index in [0.717, 1.165) is 0 Å². The van der Waals surface area contributed by atoms with Gasteiger partial charge in [0.25, 0.3) is 5.91 Å². The number of sulfone groups is 1. The standard InChI is InChI=1S/C19H18Cl3NO4S/c1-27-18-5-3-12(8-17(18)22)19(24)23(15-6-7-28(25,26)11-15)10-13-2-4-14(20)9-16(13)21/h2-5,8-9,15H,6-7,10-11H2,1H3/t15-/m1/s1. The molecule has 5 nitrogen and oxygen atoms in total. The van der Waals surface area contributed by atoms with Gasteiger partial charge in [-0.3, -0.25) is 4.79 Å². The first kappa shape index (κ1) is 21.2. The number of ether oxygens (including phenoxy) is 1. The first-order valence-electron chi connectivity index (χ1n) is 8.49. The van der Waals surface area contributed by atoms with E-state index in [2.05, 4.69) is 0 Å². The van der Waals surface area contributed by atoms with E-state index in [1.807, 2.05) is 0 Å². The van der Waals surface area contributed by atoms with Gasteiger partial charge in [-0.2, -0.15) is 0 Å². The van der Waals surface area contributed by atoms with Crippen molar-refractivity contribution in [1.82, 2.24) is 4.90 Å². The number of benzene rings is 2. The summed E-state index contributed by atoms with van der Waals surface area (Å²) in [4.78, 5) is 14.8. The lowest BCUT2D eigenvalue weighted by Gasteiger charge is -2.29. The van der Waals surface area contributed by atoms with E-state index in [1.54, 1.807) is 30.3 Å². The Bertz CT molecular complexity index is 1010. The van der Waals surface area contributed by atoms with Gasteiger partial charge < -0.3 is 9.64 Å². The highest BCUT2D eigenvalue weighted by Gasteiger charge is 2.35. The van der Waals surface area contributed by atoms with Crippen molar-refractivity contribution < 1.29 is 17.9 Å². The van der Waals surface area contributed by atoms with Crippen LogP contribution < -0.4 is 4.74 Å². The van der Waals surface area contributed by atoms with Crippen LogP contribution in [0.4, 0.5) is 0 Å². The van der Waals surface area contributed by atoms with Crippen molar-refractivity contribution in [2.45, 2.75) is 19.0 Å². The number of halogens is 3. The number of methoxy groups -OCH3 is 1. The maximum Gasteiger partial charge on any atom is 0.254 e. The maximum atomic E-state index is 13.2. The first-order chi connectivity index (χ1) is 13.2. The Morgan fingerprint density at radius 1 is 1.14 bits per heavy atom. The first-order valence-corrected chi connectivity index (χ1v) is 11.4. The molecule has 28 heavy (non-hydrogen) atoms. The second-order valence-electron chi connectivity index (χ2n) is 6.57. The Kier molecular flexibility index (Phi) is 6.44. The summed E-state index contributed by atoms with van der Waals surface area (Å²) in [7, 11) is -1.69. The van der Waals surface area contributed by atoms with E-state index >= 15 is 0 Å². The lowest BCUT2D eigenvalue weighted by atomic mass is 10.1. The summed E-state index contributed by atoms with van der Waals surface area (Å²) in [6, 6.07) is 9.29. The summed E-state index contributed by atoms with van der Waals surface area (Å²) in [5.74, 6) is 0.110. The molecule has 0 unspecified atom stereocenters. The number of hydrogen-bond donors (Lipinski definition) is 0. The molecular weight excluding hydrogens is 445 g/mol. The minimum Gasteiger partial charge on any atom is -0.495 e. The van der Waals surface area contributed by atoms with Crippen molar-refractivity contribution >= 4 is 50.5 Å². The molecule has 1 fully saturated rings. The summed E-state index contributed by atoms with van der Waals surface area (Å²) in [5.41, 5.74) is 1.03. The van der Waals surface area contributed by atoms with Crippen LogP contribution in [0.1, 0.15) is 22.3 Å². The van der Waals surface area contributed by atoms with Gasteiger partial charge in [0.15, 0.2) is 9.84 Å². The highest BCUT2D eigenvalue weighted by Crippen LogP contribution is 2.29. The number of carbonyl (C=O) groups is 1. The Morgan fingerprint density at radius 3 is 2.46 bits per heavy atom. The molecule has 1 amide bonds. The molecule has 150 valence electrons. The zero-order valence-electron chi connectivity index (χ0n) is 15.0. The molecular formula is C19H18Cl3NO4S. The van der Waals surface area contributed by atoms with Crippen molar-refractivity contribution in [2.24, 2.45) is 0 Å². The number of hydrogen-bond acceptors (Lipinski definition) is 4. The number of amides is 1. The highest BCUT2D eigenvalue weighted by molar-refractivity contribution is 7.91. The fourth-order valence-corrected chi connectivity index (χ4v) is 5.64. The van der Waals surface area contributed by atoms with Crippen LogP contribution in [0.3, 0.4) is 0 Å². The van der Waals surface area contributed by atoms with E-state index < -0.39 is 15.9 Å². The summed E-state index contributed by atoms with van der Waals surface area (Å²) in [6.45, 7) is 0.165. The van der Waals surface area contributed by atoms with Crippen LogP contribution in [0.5, 0.6) is 5.75 Å². The normalized spacial score (nSPS) is 18.1. The van der Waals surface area contributed by atoms with Crippen LogP contribution >= 0.6 is 34.8 Å². The zero-order valence-corrected chi connectivity index (χ0v) is 18.1. The van der Waals surface area contributed by atoms with Crippen LogP contribution in [-0.4, -0.2) is 43.9 Å². The largest absolute Gasteiger partial charge is 0.495 e. The Labute approximate surface area is 179 Å². The van der Waals surface area contributed by atoms with Gasteiger partial charge in [-0.15, -0.1) is 0 Å². The third-order valence-electron chi connectivity index (χ3n) is 4.66.